The highest BCUT2D eigenvalue weighted by atomic mass is 16.5. The molecule has 3 aromatic carbocycles. The van der Waals surface area contributed by atoms with Crippen LogP contribution in [0.2, 0.25) is 0 Å². The van der Waals surface area contributed by atoms with Crippen molar-refractivity contribution in [1.29, 1.82) is 0 Å². The number of pyridine rings is 1. The Kier molecular flexibility index (Phi) is 6.17. The van der Waals surface area contributed by atoms with Crippen LogP contribution in [0.25, 0.3) is 27.5 Å². The van der Waals surface area contributed by atoms with E-state index in [1.807, 2.05) is 49.4 Å². The molecule has 5 aromatic rings. The average Bonchev–Trinajstić information content (AvgIpc) is 3.30. The molecule has 5 rings (SSSR count). The van der Waals surface area contributed by atoms with Crippen molar-refractivity contribution in [2.24, 2.45) is 0 Å². The molecular formula is C30H27N3O3. The summed E-state index contributed by atoms with van der Waals surface area (Å²) in [6, 6.07) is 25.2. The molecule has 2 heterocycles. The lowest BCUT2D eigenvalue weighted by Crippen LogP contribution is -2.17. The number of hydrogen-bond acceptors (Lipinski definition) is 4. The number of aromatic nitrogens is 2. The number of hydrogen-bond donors (Lipinski definition) is 2. The first-order chi connectivity index (χ1) is 17.4. The van der Waals surface area contributed by atoms with Gasteiger partial charge in [-0.05, 0) is 55.0 Å². The van der Waals surface area contributed by atoms with Gasteiger partial charge in [0.15, 0.2) is 0 Å². The van der Waals surface area contributed by atoms with Crippen LogP contribution in [0.1, 0.15) is 40.1 Å². The van der Waals surface area contributed by atoms with Crippen molar-refractivity contribution < 1.29 is 14.6 Å². The van der Waals surface area contributed by atoms with Crippen LogP contribution in [-0.4, -0.2) is 27.7 Å². The van der Waals surface area contributed by atoms with Crippen molar-refractivity contribution in [2.45, 2.75) is 19.5 Å². The number of carbonyl (C=O) groups is 1. The van der Waals surface area contributed by atoms with Gasteiger partial charge in [-0.15, -0.1) is 0 Å². The molecule has 0 bridgehead atoms. The van der Waals surface area contributed by atoms with Gasteiger partial charge in [0.25, 0.3) is 0 Å². The van der Waals surface area contributed by atoms with Crippen LogP contribution < -0.4 is 10.1 Å². The lowest BCUT2D eigenvalue weighted by Gasteiger charge is -2.20. The molecule has 180 valence electrons. The Morgan fingerprint density at radius 2 is 1.83 bits per heavy atom. The Morgan fingerprint density at radius 3 is 2.58 bits per heavy atom. The van der Waals surface area contributed by atoms with E-state index in [9.17, 15) is 9.90 Å². The molecule has 0 aliphatic rings. The Morgan fingerprint density at radius 1 is 1.06 bits per heavy atom. The number of benzene rings is 3. The second kappa shape index (κ2) is 9.58. The SMILES string of the molecule is C=C(N[C@@H](C)c1ccc(C(=O)O)cc1)c1cc(OC)cc2ccn(Cc3ccc4ccccc4n3)c12. The maximum atomic E-state index is 11.2. The molecule has 6 nitrogen and oxygen atoms in total. The highest BCUT2D eigenvalue weighted by Gasteiger charge is 2.16. The third-order valence-corrected chi connectivity index (χ3v) is 6.43. The molecule has 0 aliphatic carbocycles. The van der Waals surface area contributed by atoms with Gasteiger partial charge in [0.1, 0.15) is 5.75 Å². The summed E-state index contributed by atoms with van der Waals surface area (Å²) >= 11 is 0. The Bertz CT molecular complexity index is 1580. The van der Waals surface area contributed by atoms with Crippen molar-refractivity contribution in [2.75, 3.05) is 7.11 Å². The van der Waals surface area contributed by atoms with Gasteiger partial charge >= 0.3 is 5.97 Å². The standard InChI is InChI=1S/C30H27N3O3/c1-19(21-8-10-23(11-9-21)30(34)35)31-20(2)27-17-26(36-3)16-24-14-15-33(29(24)27)18-25-13-12-22-6-4-5-7-28(22)32-25/h4-17,19,31H,2,18H2,1,3H3,(H,34,35)/t19-/m0/s1. The average molecular weight is 478 g/mol. The van der Waals surface area contributed by atoms with Crippen LogP contribution in [0, 0.1) is 0 Å². The smallest absolute Gasteiger partial charge is 0.335 e. The fraction of sp³-hybridized carbons (Fsp3) is 0.133. The zero-order valence-electron chi connectivity index (χ0n) is 20.2. The van der Waals surface area contributed by atoms with E-state index in [-0.39, 0.29) is 11.6 Å². The Balaban J connectivity index is 1.47. The molecule has 36 heavy (non-hydrogen) atoms. The van der Waals surface area contributed by atoms with E-state index in [4.69, 9.17) is 9.72 Å². The number of ether oxygens (including phenoxy) is 1. The van der Waals surface area contributed by atoms with Gasteiger partial charge in [-0.2, -0.15) is 0 Å². The summed E-state index contributed by atoms with van der Waals surface area (Å²) in [6.45, 7) is 6.98. The molecule has 0 unspecified atom stereocenters. The number of aromatic carboxylic acids is 1. The number of methoxy groups -OCH3 is 1. The van der Waals surface area contributed by atoms with Crippen LogP contribution >= 0.6 is 0 Å². The minimum absolute atomic E-state index is 0.0767. The first-order valence-electron chi connectivity index (χ1n) is 11.7. The zero-order chi connectivity index (χ0) is 25.2. The first kappa shape index (κ1) is 23.2. The largest absolute Gasteiger partial charge is 0.497 e. The fourth-order valence-electron chi connectivity index (χ4n) is 4.51. The van der Waals surface area contributed by atoms with E-state index in [2.05, 4.69) is 46.9 Å². The molecule has 0 saturated carbocycles. The molecule has 0 spiro atoms. The van der Waals surface area contributed by atoms with Gasteiger partial charge < -0.3 is 19.7 Å². The van der Waals surface area contributed by atoms with Crippen LogP contribution in [0.5, 0.6) is 5.75 Å². The van der Waals surface area contributed by atoms with Crippen molar-refractivity contribution in [3.63, 3.8) is 0 Å². The maximum absolute atomic E-state index is 11.2. The molecule has 0 amide bonds. The van der Waals surface area contributed by atoms with Gasteiger partial charge in [-0.3, -0.25) is 4.98 Å². The quantitative estimate of drug-likeness (QED) is 0.276. The molecule has 6 heteroatoms. The topological polar surface area (TPSA) is 76.4 Å². The van der Waals surface area contributed by atoms with Gasteiger partial charge in [-0.25, -0.2) is 4.79 Å². The van der Waals surface area contributed by atoms with Crippen LogP contribution in [0.15, 0.2) is 91.6 Å². The van der Waals surface area contributed by atoms with E-state index >= 15 is 0 Å². The van der Waals surface area contributed by atoms with Gasteiger partial charge in [0.05, 0.1) is 35.9 Å². The number of nitrogens with one attached hydrogen (secondary N) is 1. The van der Waals surface area contributed by atoms with Gasteiger partial charge in [-0.1, -0.05) is 43.0 Å². The molecule has 0 aliphatic heterocycles. The molecule has 0 fully saturated rings. The molecule has 0 radical (unpaired) electrons. The van der Waals surface area contributed by atoms with Crippen molar-refractivity contribution in [3.05, 3.63) is 114 Å². The molecule has 0 saturated heterocycles. The Labute approximate surface area is 209 Å². The number of fused-ring (bicyclic) bond motifs is 2. The lowest BCUT2D eigenvalue weighted by atomic mass is 10.0. The van der Waals surface area contributed by atoms with E-state index in [1.54, 1.807) is 19.2 Å². The number of carboxylic acids is 1. The summed E-state index contributed by atoms with van der Waals surface area (Å²) in [5.74, 6) is -0.187. The maximum Gasteiger partial charge on any atom is 0.335 e. The minimum Gasteiger partial charge on any atom is -0.497 e. The third-order valence-electron chi connectivity index (χ3n) is 6.43. The summed E-state index contributed by atoms with van der Waals surface area (Å²) in [5.41, 5.74) is 5.90. The van der Waals surface area contributed by atoms with E-state index < -0.39 is 5.97 Å². The summed E-state index contributed by atoms with van der Waals surface area (Å²) in [7, 11) is 1.66. The minimum atomic E-state index is -0.938. The van der Waals surface area contributed by atoms with Crippen LogP contribution in [0.3, 0.4) is 0 Å². The highest BCUT2D eigenvalue weighted by molar-refractivity contribution is 5.93. The number of nitrogens with zero attached hydrogens (tertiary/aromatic N) is 2. The fourth-order valence-corrected chi connectivity index (χ4v) is 4.51. The highest BCUT2D eigenvalue weighted by Crippen LogP contribution is 2.31. The Hall–Kier alpha value is -4.58. The zero-order valence-corrected chi connectivity index (χ0v) is 20.2. The number of rotatable bonds is 8. The summed E-state index contributed by atoms with van der Waals surface area (Å²) in [5, 5.41) is 14.8. The third kappa shape index (κ3) is 4.53. The number of carboxylic acid groups (broad SMARTS) is 1. The van der Waals surface area contributed by atoms with Crippen molar-refractivity contribution >= 4 is 33.5 Å². The van der Waals surface area contributed by atoms with E-state index in [1.165, 1.54) is 0 Å². The monoisotopic (exact) mass is 477 g/mol. The first-order valence-corrected chi connectivity index (χ1v) is 11.7. The van der Waals surface area contributed by atoms with Crippen molar-refractivity contribution in [1.82, 2.24) is 14.9 Å². The summed E-state index contributed by atoms with van der Waals surface area (Å²) < 4.78 is 7.75. The van der Waals surface area contributed by atoms with E-state index in [0.717, 1.165) is 50.1 Å². The van der Waals surface area contributed by atoms with Gasteiger partial charge in [0, 0.05) is 34.3 Å². The van der Waals surface area contributed by atoms with Gasteiger partial charge in [0.2, 0.25) is 0 Å². The van der Waals surface area contributed by atoms with Crippen LogP contribution in [0.4, 0.5) is 0 Å². The second-order valence-corrected chi connectivity index (χ2v) is 8.82. The normalized spacial score (nSPS) is 11.9. The predicted octanol–water partition coefficient (Wildman–Crippen LogP) is 6.27. The molecule has 2 N–H and O–H groups in total. The molecule has 2 aromatic heterocycles. The summed E-state index contributed by atoms with van der Waals surface area (Å²) in [4.78, 5) is 16.0. The summed E-state index contributed by atoms with van der Waals surface area (Å²) in [6.07, 6.45) is 2.06. The molecule has 1 atom stereocenters. The predicted molar refractivity (Wildman–Crippen MR) is 143 cm³/mol. The van der Waals surface area contributed by atoms with Crippen molar-refractivity contribution in [3.8, 4) is 5.75 Å². The van der Waals surface area contributed by atoms with E-state index in [0.29, 0.717) is 6.54 Å². The number of para-hydroxylation sites is 1. The van der Waals surface area contributed by atoms with Crippen LogP contribution in [-0.2, 0) is 6.54 Å². The second-order valence-electron chi connectivity index (χ2n) is 8.82. The lowest BCUT2D eigenvalue weighted by molar-refractivity contribution is 0.0697. The molecular weight excluding hydrogens is 450 g/mol.